The van der Waals surface area contributed by atoms with E-state index in [9.17, 15) is 5.11 Å². The second-order valence-corrected chi connectivity index (χ2v) is 21.2. The Bertz CT molecular complexity index is 954. The molecular weight excluding hydrogens is 513 g/mol. The fraction of sp³-hybridized carbons (Fsp3) is 0.588. The molecule has 2 rings (SSSR count). The molecular formula is C34H54O3Si2. The van der Waals surface area contributed by atoms with Gasteiger partial charge in [-0.1, -0.05) is 122 Å². The van der Waals surface area contributed by atoms with Crippen molar-refractivity contribution in [3.63, 3.8) is 0 Å². The molecule has 0 amide bonds. The van der Waals surface area contributed by atoms with Gasteiger partial charge in [0, 0.05) is 19.4 Å². The molecule has 0 spiro atoms. The zero-order chi connectivity index (χ0) is 28.9. The van der Waals surface area contributed by atoms with Gasteiger partial charge in [-0.2, -0.15) is 0 Å². The van der Waals surface area contributed by atoms with Gasteiger partial charge in [0.2, 0.25) is 0 Å². The normalized spacial score (nSPS) is 14.1. The lowest BCUT2D eigenvalue weighted by Crippen LogP contribution is -2.66. The van der Waals surface area contributed by atoms with Gasteiger partial charge < -0.3 is 14.0 Å². The summed E-state index contributed by atoms with van der Waals surface area (Å²) in [6.07, 6.45) is 2.70. The van der Waals surface area contributed by atoms with E-state index in [0.29, 0.717) is 18.9 Å². The van der Waals surface area contributed by atoms with Crippen molar-refractivity contribution in [1.29, 1.82) is 0 Å². The molecule has 0 fully saturated rings. The third kappa shape index (κ3) is 9.16. The molecule has 1 N–H and O–H groups in total. The summed E-state index contributed by atoms with van der Waals surface area (Å²) in [7, 11) is -4.19. The molecule has 0 aliphatic rings. The minimum Gasteiger partial charge on any atom is -0.414 e. The molecule has 0 heterocycles. The van der Waals surface area contributed by atoms with Gasteiger partial charge in [-0.3, -0.25) is 0 Å². The molecule has 0 aromatic heterocycles. The Morgan fingerprint density at radius 2 is 1.33 bits per heavy atom. The molecule has 3 nitrogen and oxygen atoms in total. The molecule has 0 aliphatic carbocycles. The average Bonchev–Trinajstić information content (AvgIpc) is 2.93. The molecule has 216 valence electrons. The maximum absolute atomic E-state index is 10.7. The van der Waals surface area contributed by atoms with E-state index in [2.05, 4.69) is 128 Å². The van der Waals surface area contributed by atoms with Gasteiger partial charge >= 0.3 is 0 Å². The highest BCUT2D eigenvalue weighted by molar-refractivity contribution is 6.99. The standard InChI is InChI=1S/C34H54O3Si2/c1-9-38(10-2,11-3)37-33(29(4)5)28-30(35)22-16-12-13-21-27-36-39(34(6,7)8,31-23-17-14-18-24-31)32-25-19-15-20-26-32/h14-15,17-20,23-26,29-30,33,35H,9-13,21,27-28H2,1-8H3/t30-,33-/m1/s1. The van der Waals surface area contributed by atoms with Gasteiger partial charge in [0.15, 0.2) is 8.32 Å². The van der Waals surface area contributed by atoms with Crippen LogP contribution in [0.1, 0.15) is 81.1 Å². The predicted molar refractivity (Wildman–Crippen MR) is 173 cm³/mol. The highest BCUT2D eigenvalue weighted by Crippen LogP contribution is 2.37. The molecule has 0 aliphatic heterocycles. The Morgan fingerprint density at radius 3 is 1.77 bits per heavy atom. The number of aliphatic hydroxyl groups is 1. The number of aliphatic hydroxyl groups excluding tert-OH is 1. The largest absolute Gasteiger partial charge is 0.414 e. The Hall–Kier alpha value is -1.69. The fourth-order valence-corrected chi connectivity index (χ4v) is 13.2. The summed E-state index contributed by atoms with van der Waals surface area (Å²) in [5.41, 5.74) is 0. The molecule has 39 heavy (non-hydrogen) atoms. The van der Waals surface area contributed by atoms with Gasteiger partial charge in [0.25, 0.3) is 8.32 Å². The van der Waals surface area contributed by atoms with E-state index in [1.807, 2.05) is 0 Å². The van der Waals surface area contributed by atoms with Crippen LogP contribution in [0.25, 0.3) is 0 Å². The van der Waals surface area contributed by atoms with Crippen molar-refractivity contribution in [2.45, 2.75) is 116 Å². The Balaban J connectivity index is 1.99. The SMILES string of the molecule is CC[Si](CC)(CC)O[C@H](C[C@H](O)C#CCCCCO[Si](c1ccccc1)(c1ccccc1)C(C)(C)C)C(C)C. The summed E-state index contributed by atoms with van der Waals surface area (Å²) in [6.45, 7) is 18.8. The van der Waals surface area contributed by atoms with E-state index < -0.39 is 22.7 Å². The smallest absolute Gasteiger partial charge is 0.261 e. The number of unbranched alkanes of at least 4 members (excludes halogenated alkanes) is 2. The van der Waals surface area contributed by atoms with Crippen LogP contribution in [0.3, 0.4) is 0 Å². The maximum atomic E-state index is 10.7. The topological polar surface area (TPSA) is 38.7 Å². The number of hydrogen-bond acceptors (Lipinski definition) is 3. The van der Waals surface area contributed by atoms with Crippen molar-refractivity contribution >= 4 is 27.0 Å². The molecule has 5 heteroatoms. The van der Waals surface area contributed by atoms with E-state index in [1.165, 1.54) is 10.4 Å². The molecule has 0 saturated carbocycles. The quantitative estimate of drug-likeness (QED) is 0.138. The summed E-state index contributed by atoms with van der Waals surface area (Å²) < 4.78 is 13.7. The monoisotopic (exact) mass is 566 g/mol. The summed E-state index contributed by atoms with van der Waals surface area (Å²) in [5.74, 6) is 6.71. The Labute approximate surface area is 242 Å². The van der Waals surface area contributed by atoms with Crippen LogP contribution in [0.4, 0.5) is 0 Å². The lowest BCUT2D eigenvalue weighted by molar-refractivity contribution is 0.0845. The van der Waals surface area contributed by atoms with Crippen molar-refractivity contribution in [3.05, 3.63) is 60.7 Å². The lowest BCUT2D eigenvalue weighted by Gasteiger charge is -2.43. The molecule has 2 aromatic carbocycles. The molecule has 0 radical (unpaired) electrons. The third-order valence-electron chi connectivity index (χ3n) is 8.23. The van der Waals surface area contributed by atoms with Crippen LogP contribution in [0.15, 0.2) is 60.7 Å². The highest BCUT2D eigenvalue weighted by atomic mass is 28.4. The van der Waals surface area contributed by atoms with Crippen LogP contribution < -0.4 is 10.4 Å². The van der Waals surface area contributed by atoms with E-state index >= 15 is 0 Å². The van der Waals surface area contributed by atoms with Crippen molar-refractivity contribution in [1.82, 2.24) is 0 Å². The Morgan fingerprint density at radius 1 is 0.821 bits per heavy atom. The van der Waals surface area contributed by atoms with E-state index in [0.717, 1.165) is 37.4 Å². The number of rotatable bonds is 15. The van der Waals surface area contributed by atoms with Gasteiger partial charge in [-0.25, -0.2) is 0 Å². The zero-order valence-electron chi connectivity index (χ0n) is 25.9. The summed E-state index contributed by atoms with van der Waals surface area (Å²) in [4.78, 5) is 0. The van der Waals surface area contributed by atoms with Gasteiger partial charge in [-0.05, 0) is 52.3 Å². The molecule has 2 aromatic rings. The first-order valence-electron chi connectivity index (χ1n) is 15.1. The van der Waals surface area contributed by atoms with Gasteiger partial charge in [0.05, 0.1) is 6.10 Å². The van der Waals surface area contributed by atoms with Crippen LogP contribution in [0.5, 0.6) is 0 Å². The van der Waals surface area contributed by atoms with Crippen molar-refractivity contribution in [3.8, 4) is 11.8 Å². The van der Waals surface area contributed by atoms with Crippen molar-refractivity contribution < 1.29 is 14.0 Å². The second-order valence-electron chi connectivity index (χ2n) is 12.2. The molecule has 0 bridgehead atoms. The molecule has 0 unspecified atom stereocenters. The maximum Gasteiger partial charge on any atom is 0.261 e. The average molecular weight is 567 g/mol. The van der Waals surface area contributed by atoms with Crippen LogP contribution >= 0.6 is 0 Å². The Kier molecular flexibility index (Phi) is 13.7. The summed E-state index contributed by atoms with van der Waals surface area (Å²) in [5, 5.41) is 13.3. The molecule has 0 saturated heterocycles. The highest BCUT2D eigenvalue weighted by Gasteiger charge is 2.49. The van der Waals surface area contributed by atoms with Gasteiger partial charge in [0.1, 0.15) is 6.10 Å². The first-order chi connectivity index (χ1) is 18.5. The number of benzene rings is 2. The van der Waals surface area contributed by atoms with Crippen LogP contribution in [0.2, 0.25) is 23.2 Å². The summed E-state index contributed by atoms with van der Waals surface area (Å²) >= 11 is 0. The van der Waals surface area contributed by atoms with E-state index in [-0.39, 0.29) is 11.1 Å². The second kappa shape index (κ2) is 15.9. The van der Waals surface area contributed by atoms with Crippen molar-refractivity contribution in [2.75, 3.05) is 6.61 Å². The minimum atomic E-state index is -2.48. The first kappa shape index (κ1) is 33.5. The predicted octanol–water partition coefficient (Wildman–Crippen LogP) is 7.53. The fourth-order valence-electron chi connectivity index (χ4n) is 5.55. The zero-order valence-corrected chi connectivity index (χ0v) is 27.9. The first-order valence-corrected chi connectivity index (χ1v) is 19.6. The third-order valence-corrected chi connectivity index (χ3v) is 17.9. The number of hydrogen-bond donors (Lipinski definition) is 1. The summed E-state index contributed by atoms with van der Waals surface area (Å²) in [6, 6.07) is 25.0. The lowest BCUT2D eigenvalue weighted by atomic mass is 10.0. The van der Waals surface area contributed by atoms with Crippen LogP contribution in [-0.2, 0) is 8.85 Å². The minimum absolute atomic E-state index is 0.0115. The van der Waals surface area contributed by atoms with Crippen molar-refractivity contribution in [2.24, 2.45) is 5.92 Å². The molecule has 2 atom stereocenters. The van der Waals surface area contributed by atoms with Crippen LogP contribution in [-0.4, -0.2) is 40.6 Å². The van der Waals surface area contributed by atoms with Gasteiger partial charge in [-0.15, -0.1) is 5.92 Å². The van der Waals surface area contributed by atoms with Crippen LogP contribution in [0, 0.1) is 17.8 Å². The van der Waals surface area contributed by atoms with E-state index in [4.69, 9.17) is 8.85 Å². The van der Waals surface area contributed by atoms with E-state index in [1.54, 1.807) is 0 Å².